The zero-order valence-electron chi connectivity index (χ0n) is 73.9. The fraction of sp³-hybridized carbons (Fsp3) is 0.194. The van der Waals surface area contributed by atoms with Crippen molar-refractivity contribution < 1.29 is 195 Å². The van der Waals surface area contributed by atoms with E-state index < -0.39 is 176 Å². The number of rotatable bonds is 30. The first-order valence-electron chi connectivity index (χ1n) is 40.4. The lowest BCUT2D eigenvalue weighted by Gasteiger charge is -2.21. The molecule has 4 amide bonds. The lowest BCUT2D eigenvalue weighted by Crippen LogP contribution is -2.34. The second kappa shape index (κ2) is 45.4. The van der Waals surface area contributed by atoms with Crippen LogP contribution in [0.1, 0.15) is 159 Å². The van der Waals surface area contributed by atoms with Crippen molar-refractivity contribution in [3.8, 4) is 80.5 Å². The van der Waals surface area contributed by atoms with Gasteiger partial charge < -0.3 is 68.6 Å². The highest BCUT2D eigenvalue weighted by Crippen LogP contribution is 2.50. The van der Waals surface area contributed by atoms with E-state index in [0.29, 0.717) is 36.0 Å². The Morgan fingerprint density at radius 1 is 0.317 bits per heavy atom. The number of carbonyl (C=O) groups excluding carboxylic acids is 8. The van der Waals surface area contributed by atoms with Crippen LogP contribution in [-0.4, -0.2) is 124 Å². The van der Waals surface area contributed by atoms with Crippen LogP contribution in [0.25, 0.3) is 0 Å². The van der Waals surface area contributed by atoms with E-state index in [9.17, 15) is 148 Å². The number of ether oxygens (including phenoxy) is 10. The number of nitrogens with zero attached hydrogens (tertiary/aromatic N) is 5. The Morgan fingerprint density at radius 3 is 0.952 bits per heavy atom. The van der Waals surface area contributed by atoms with E-state index in [0.717, 1.165) is 135 Å². The third-order valence-corrected chi connectivity index (χ3v) is 18.9. The average Bonchev–Trinajstić information content (AvgIpc) is 1.53. The Morgan fingerprint density at radius 2 is 0.621 bits per heavy atom. The summed E-state index contributed by atoms with van der Waals surface area (Å²) in [6.45, 7) is 4.96. The Hall–Kier alpha value is -16.9. The van der Waals surface area contributed by atoms with Gasteiger partial charge in [-0.2, -0.15) is 43.9 Å². The van der Waals surface area contributed by atoms with Gasteiger partial charge in [-0.25, -0.2) is 13.2 Å². The molecule has 1 fully saturated rings. The first kappa shape index (κ1) is 110. The Labute approximate surface area is 797 Å². The summed E-state index contributed by atoms with van der Waals surface area (Å²) in [7, 11) is 2.32. The maximum absolute atomic E-state index is 14.9. The molecule has 1 aliphatic carbocycles. The van der Waals surface area contributed by atoms with Crippen molar-refractivity contribution >= 4 is 69.5 Å². The van der Waals surface area contributed by atoms with Crippen molar-refractivity contribution in [3.63, 3.8) is 0 Å². The van der Waals surface area contributed by atoms with Crippen LogP contribution < -0.4 is 68.6 Å². The summed E-state index contributed by atoms with van der Waals surface area (Å²) in [6.07, 6.45) is -26.8. The molecule has 52 heteroatoms. The molecule has 1 aliphatic rings. The molecular formula is C93H64F25N9O18. The monoisotopic (exact) mass is 2070 g/mol. The van der Waals surface area contributed by atoms with Crippen LogP contribution >= 0.6 is 0 Å². The number of amides is 4. The molecule has 0 spiro atoms. The Bertz CT molecular complexity index is 6790. The second-order valence-corrected chi connectivity index (χ2v) is 29.5. The fourth-order valence-electron chi connectivity index (χ4n) is 12.0. The largest absolute Gasteiger partial charge is 0.573 e. The molecule has 0 bridgehead atoms. The first-order valence-corrected chi connectivity index (χ1v) is 40.4. The van der Waals surface area contributed by atoms with E-state index in [1.165, 1.54) is 95.9 Å². The van der Waals surface area contributed by atoms with Crippen LogP contribution in [0.5, 0.6) is 80.5 Å². The van der Waals surface area contributed by atoms with Crippen molar-refractivity contribution in [3.05, 3.63) is 292 Å². The van der Waals surface area contributed by atoms with Gasteiger partial charge in [0.2, 0.25) is 0 Å². The number of hydrogen-bond acceptors (Lipinski definition) is 23. The van der Waals surface area contributed by atoms with Gasteiger partial charge in [0.25, 0.3) is 30.1 Å². The summed E-state index contributed by atoms with van der Waals surface area (Å²) in [4.78, 5) is 117. The number of methoxy groups -OCH3 is 2. The summed E-state index contributed by atoms with van der Waals surface area (Å²) in [6, 6.07) is 29.6. The molecule has 0 atom stereocenters. The number of nitrogens with one attached hydrogen (secondary N) is 4. The molecule has 27 nitrogen and oxygen atoms in total. The summed E-state index contributed by atoms with van der Waals surface area (Å²) in [5.41, 5.74) is -5.52. The molecule has 5 heterocycles. The quantitative estimate of drug-likeness (QED) is 0.0240. The molecule has 0 aliphatic heterocycles. The lowest BCUT2D eigenvalue weighted by molar-refractivity contribution is -0.289. The number of carbonyl (C=O) groups is 8. The van der Waals surface area contributed by atoms with E-state index in [2.05, 4.69) is 65.1 Å². The number of pyridine rings is 5. The lowest BCUT2D eigenvalue weighted by atomic mass is 10.0. The smallest absolute Gasteiger partial charge is 0.493 e. The van der Waals surface area contributed by atoms with Crippen LogP contribution in [-0.2, 0) is 11.8 Å². The topological polar surface area (TPSA) is 341 Å². The summed E-state index contributed by atoms with van der Waals surface area (Å²) in [5.74, 6) is -22.5. The molecular weight excluding hydrogens is 2010 g/mol. The standard InChI is InChI=1S/C24H16F8N2O5.C24H20F3N3O5.C23H14F8N2O4.C22H14F6N2O4/c1-12(35)17-10-14(7-8-33-17)34-21(36)16-9-13(22(25,26)23(27,28)29)3-5-18(16)38-19-6-4-15(11-20(19)37-2)39-24(30,31)32;1-13(31)18-9-15(7-8-28-18)30-23(32)17-12-29-19(14-3-4-14)11-21(17)34-20-6-5-16(10-22(20)33-2)35-24(25,26)27;1-12(34)18-11-14(8-9-32-18)33-20(35)17-10-13(21(24,25)22(26,27)28)2-7-19(17)36-15-3-5-16(6-4-15)37-23(29,30)31;1-11(31)16-10-12(8-9-29-16)30-21(32)18-17(7-6-15(19(18)23)20(24)25)33-13-2-4-14(5-3-13)34-22(26,27)28/h3-11H,1-2H3,(H,33,34,36);5-12,14H,3-4H2,1-2H3,(H,28,30,32);2-11H,1H3,(H,32,33,35);2-10,20H,1H3,(H,29,30,32). The predicted octanol–water partition coefficient (Wildman–Crippen LogP) is 25.6. The second-order valence-electron chi connectivity index (χ2n) is 29.5. The highest BCUT2D eigenvalue weighted by Gasteiger charge is 2.60. The van der Waals surface area contributed by atoms with Gasteiger partial charge in [0.05, 0.1) is 30.9 Å². The molecule has 0 unspecified atom stereocenters. The SMILES string of the molecule is CC(=O)c1cc(NC(=O)c2c(Oc3ccc(OC(F)(F)F)cc3)ccc(C(F)F)c2F)ccn1.CC(=O)c1cc(NC(=O)c2cc(C(F)(F)C(F)(F)F)ccc2Oc2ccc(OC(F)(F)F)cc2)ccn1.COc1cc(OC(F)(F)F)ccc1Oc1cc(C2CC2)ncc1C(=O)Nc1ccnc(C(C)=O)c1.COc1cc(OC(F)(F)F)ccc1Oc1ccc(C(F)(F)C(F)(F)F)cc1C(=O)Nc1ccnc(C(C)=O)c1. The minimum atomic E-state index is -6.00. The maximum Gasteiger partial charge on any atom is 0.573 e. The number of halogens is 25. The molecule has 0 saturated heterocycles. The summed E-state index contributed by atoms with van der Waals surface area (Å²) >= 11 is 0. The maximum atomic E-state index is 14.9. The highest BCUT2D eigenvalue weighted by atomic mass is 19.4. The van der Waals surface area contributed by atoms with Crippen molar-refractivity contribution in [2.24, 2.45) is 0 Å². The summed E-state index contributed by atoms with van der Waals surface area (Å²) < 4.78 is 372. The normalized spacial score (nSPS) is 12.2. The van der Waals surface area contributed by atoms with Crippen molar-refractivity contribution in [1.29, 1.82) is 0 Å². The zero-order valence-corrected chi connectivity index (χ0v) is 73.9. The fourth-order valence-corrected chi connectivity index (χ4v) is 12.0. The number of ketones is 4. The number of hydrogen-bond donors (Lipinski definition) is 4. The van der Waals surface area contributed by atoms with Crippen molar-refractivity contribution in [2.45, 2.75) is 103 Å². The van der Waals surface area contributed by atoms with E-state index in [1.54, 1.807) is 6.07 Å². The molecule has 4 N–H and O–H groups in total. The van der Waals surface area contributed by atoms with Crippen LogP contribution in [0.4, 0.5) is 133 Å². The highest BCUT2D eigenvalue weighted by molar-refractivity contribution is 6.10. The average molecular weight is 2070 g/mol. The van der Waals surface area contributed by atoms with Crippen LogP contribution in [0.2, 0.25) is 0 Å². The number of anilines is 4. The Kier molecular flexibility index (Phi) is 34.4. The van der Waals surface area contributed by atoms with Crippen molar-refractivity contribution in [1.82, 2.24) is 24.9 Å². The molecule has 7 aromatic carbocycles. The third-order valence-electron chi connectivity index (χ3n) is 18.9. The molecule has 764 valence electrons. The van der Waals surface area contributed by atoms with Gasteiger partial charge in [-0.15, -0.1) is 52.7 Å². The van der Waals surface area contributed by atoms with Gasteiger partial charge in [0.1, 0.15) is 97.2 Å². The van der Waals surface area contributed by atoms with Gasteiger partial charge in [0, 0.05) is 122 Å². The van der Waals surface area contributed by atoms with Gasteiger partial charge in [-0.3, -0.25) is 63.3 Å². The number of aromatic nitrogens is 5. The number of Topliss-reactive ketones (excluding diaryl/α,β-unsaturated/α-hetero) is 4. The van der Waals surface area contributed by atoms with E-state index in [1.807, 2.05) is 0 Å². The van der Waals surface area contributed by atoms with Crippen molar-refractivity contribution in [2.75, 3.05) is 35.5 Å². The predicted molar refractivity (Wildman–Crippen MR) is 455 cm³/mol. The minimum absolute atomic E-state index is 0.00255. The van der Waals surface area contributed by atoms with Gasteiger partial charge >= 0.3 is 49.6 Å². The van der Waals surface area contributed by atoms with Gasteiger partial charge in [-0.1, -0.05) is 0 Å². The third kappa shape index (κ3) is 30.8. The van der Waals surface area contributed by atoms with E-state index in [-0.39, 0.29) is 109 Å². The van der Waals surface area contributed by atoms with E-state index in [4.69, 9.17) is 28.4 Å². The Balaban J connectivity index is 0.000000198. The molecule has 13 rings (SSSR count). The molecule has 5 aromatic heterocycles. The van der Waals surface area contributed by atoms with Gasteiger partial charge in [0.15, 0.2) is 46.1 Å². The first-order chi connectivity index (χ1) is 67.6. The van der Waals surface area contributed by atoms with E-state index >= 15 is 0 Å². The number of alkyl halides is 24. The number of benzene rings is 7. The molecule has 12 aromatic rings. The van der Waals surface area contributed by atoms with Gasteiger partial charge in [-0.05, 0) is 183 Å². The minimum Gasteiger partial charge on any atom is -0.493 e. The zero-order chi connectivity index (χ0) is 107. The van der Waals surface area contributed by atoms with Crippen LogP contribution in [0, 0.1) is 5.82 Å². The molecule has 145 heavy (non-hydrogen) atoms. The van der Waals surface area contributed by atoms with Crippen LogP contribution in [0.15, 0.2) is 219 Å². The van der Waals surface area contributed by atoms with Crippen LogP contribution in [0.3, 0.4) is 0 Å². The summed E-state index contributed by atoms with van der Waals surface area (Å²) in [5, 5.41) is 9.46. The molecule has 0 radical (unpaired) electrons. The molecule has 1 saturated carbocycles.